The number of amides is 7. The number of ether oxygens (including phenoxy) is 9. The first kappa shape index (κ1) is 103. The van der Waals surface area contributed by atoms with Crippen LogP contribution < -0.4 is 31.9 Å². The summed E-state index contributed by atoms with van der Waals surface area (Å²) in [6.45, 7) is 6.03. The zero-order valence-electron chi connectivity index (χ0n) is 68.7. The van der Waals surface area contributed by atoms with Crippen molar-refractivity contribution in [3.63, 3.8) is 0 Å². The summed E-state index contributed by atoms with van der Waals surface area (Å²) in [6.07, 6.45) is 3.37. The van der Waals surface area contributed by atoms with Crippen LogP contribution in [0.3, 0.4) is 0 Å². The lowest BCUT2D eigenvalue weighted by Gasteiger charge is -2.40. The number of β-amino-alcohol motifs (C(OH)–C–C–N with tert-alkyl or cyclic N) is 1. The summed E-state index contributed by atoms with van der Waals surface area (Å²) in [7, 11) is 0. The molecule has 4 rings (SSSR count). The third-order valence-corrected chi connectivity index (χ3v) is 21.5. The quantitative estimate of drug-likeness (QED) is 0.0362. The van der Waals surface area contributed by atoms with Gasteiger partial charge in [-0.05, 0) is 89.9 Å². The number of rotatable bonds is 66. The van der Waals surface area contributed by atoms with Gasteiger partial charge in [-0.2, -0.15) is 0 Å². The van der Waals surface area contributed by atoms with Crippen LogP contribution >= 0.6 is 0 Å². The fourth-order valence-electron chi connectivity index (χ4n) is 14.2. The molecular formula is C80H145N7O28. The first-order valence-electron chi connectivity index (χ1n) is 42.5. The monoisotopic (exact) mass is 1650 g/mol. The molecule has 4 heterocycles. The highest BCUT2D eigenvalue weighted by atomic mass is 16.7. The number of hydrogen-bond acceptors (Lipinski definition) is 28. The van der Waals surface area contributed by atoms with Crippen LogP contribution in [0, 0.1) is 23.2 Å². The molecular weight excluding hydrogens is 1510 g/mol. The Balaban J connectivity index is 1.28. The summed E-state index contributed by atoms with van der Waals surface area (Å²) >= 11 is 0. The van der Waals surface area contributed by atoms with E-state index in [1.54, 1.807) is 20.8 Å². The molecule has 4 saturated heterocycles. The van der Waals surface area contributed by atoms with Gasteiger partial charge in [-0.3, -0.25) is 38.4 Å². The lowest BCUT2D eigenvalue weighted by molar-refractivity contribution is -0.282. The van der Waals surface area contributed by atoms with E-state index in [2.05, 4.69) is 31.9 Å². The topological polar surface area (TPSA) is 518 Å². The molecule has 0 aromatic heterocycles. The van der Waals surface area contributed by atoms with Gasteiger partial charge < -0.3 is 136 Å². The molecule has 0 saturated carbocycles. The molecule has 17 N–H and O–H groups in total. The van der Waals surface area contributed by atoms with Crippen molar-refractivity contribution in [3.05, 3.63) is 0 Å². The molecule has 4 aliphatic rings. The first-order chi connectivity index (χ1) is 55.4. The van der Waals surface area contributed by atoms with Crippen LogP contribution in [-0.4, -0.2) is 326 Å². The predicted molar refractivity (Wildman–Crippen MR) is 418 cm³/mol. The second kappa shape index (κ2) is 60.6. The van der Waals surface area contributed by atoms with Gasteiger partial charge in [0.1, 0.15) is 42.4 Å². The van der Waals surface area contributed by atoms with Crippen molar-refractivity contribution in [2.24, 2.45) is 23.2 Å². The second-order valence-corrected chi connectivity index (χ2v) is 31.5. The highest BCUT2D eigenvalue weighted by Crippen LogP contribution is 2.32. The molecule has 7 amide bonds. The molecule has 0 aromatic rings. The Labute approximate surface area is 679 Å². The van der Waals surface area contributed by atoms with Crippen LogP contribution in [0.5, 0.6) is 0 Å². The number of likely N-dealkylation sites (tertiary alicyclic amines) is 1. The highest BCUT2D eigenvalue weighted by Gasteiger charge is 2.45. The van der Waals surface area contributed by atoms with Crippen molar-refractivity contribution in [1.29, 1.82) is 0 Å². The normalized spacial score (nSPS) is 26.1. The number of aliphatic hydroxyl groups is 11. The number of Topliss-reactive ketones (excluding diaryl/α,β-unsaturated/α-hetero) is 1. The van der Waals surface area contributed by atoms with Crippen LogP contribution in [0.1, 0.15) is 220 Å². The maximum absolute atomic E-state index is 14.2. The zero-order chi connectivity index (χ0) is 84.2. The van der Waals surface area contributed by atoms with Gasteiger partial charge in [-0.1, -0.05) is 72.1 Å². The smallest absolute Gasteiger partial charge is 0.222 e. The molecule has 668 valence electrons. The van der Waals surface area contributed by atoms with E-state index in [0.717, 1.165) is 70.6 Å². The standard InChI is InChI=1S/C80H145N7O28/c1-55-71(101)74(104)61(49-89)113-77(55)110-40-18-14-26-64(94)81-33-21-36-84-67(97)30-43-107-52-80(47-59(92)25-12-8-6-4-5-7-9-13-29-70(100)87-48-60(93)46-58(87)24-11-10-17-39-88,53-108-44-31-68(98)85-37-22-34-82-65(95)27-15-19-41-111-78-56(2)72(102)75(105)62(50-90)114-78)54-109-45-32-69(99)86-38-23-35-83-66(96)28-16-20-42-112-79-57(3)73(103)76(106)63(51-91)115-79/h55-58,60-63,71-79,88-91,93,101-106H,4-54H2,1-3H3,(H,81,94)(H,82,95)(H,83,96)(H,84,97)(H,85,98)(H,86,99)/t55?,56?,57?,58-,60-,61?,62?,63?,71?,72?,73?,74?,75?,76?,77?,78?,79?,80?/m1/s1. The minimum absolute atomic E-state index is 0.0368. The van der Waals surface area contributed by atoms with Gasteiger partial charge in [-0.15, -0.1) is 0 Å². The minimum Gasteiger partial charge on any atom is -0.396 e. The fraction of sp³-hybridized carbons (Fsp3) is 0.900. The Morgan fingerprint density at radius 3 is 1.02 bits per heavy atom. The molecule has 0 spiro atoms. The molecule has 15 unspecified atom stereocenters. The number of hydrogen-bond donors (Lipinski definition) is 17. The number of ketones is 1. The largest absolute Gasteiger partial charge is 0.396 e. The van der Waals surface area contributed by atoms with Gasteiger partial charge in [0.05, 0.1) is 83.9 Å². The molecule has 4 fully saturated rings. The Kier molecular flexibility index (Phi) is 54.0. The van der Waals surface area contributed by atoms with E-state index in [9.17, 15) is 89.4 Å². The van der Waals surface area contributed by atoms with Gasteiger partial charge >= 0.3 is 0 Å². The third kappa shape index (κ3) is 41.8. The number of nitrogens with zero attached hydrogens (tertiary/aromatic N) is 1. The van der Waals surface area contributed by atoms with Gasteiger partial charge in [0.25, 0.3) is 0 Å². The minimum atomic E-state index is -1.23. The van der Waals surface area contributed by atoms with Crippen molar-refractivity contribution in [3.8, 4) is 0 Å². The summed E-state index contributed by atoms with van der Waals surface area (Å²) in [4.78, 5) is 106. The molecule has 35 nitrogen and oxygen atoms in total. The molecule has 0 aromatic carbocycles. The summed E-state index contributed by atoms with van der Waals surface area (Å²) in [6, 6.07) is 0.0368. The van der Waals surface area contributed by atoms with E-state index < -0.39 is 123 Å². The molecule has 0 aliphatic carbocycles. The molecule has 115 heavy (non-hydrogen) atoms. The fourth-order valence-corrected chi connectivity index (χ4v) is 14.2. The van der Waals surface area contributed by atoms with E-state index in [1.165, 1.54) is 0 Å². The van der Waals surface area contributed by atoms with Crippen LogP contribution in [0.4, 0.5) is 0 Å². The number of aliphatic hydroxyl groups excluding tert-OH is 11. The Morgan fingerprint density at radius 1 is 0.365 bits per heavy atom. The molecule has 17 atom stereocenters. The Morgan fingerprint density at radius 2 is 0.678 bits per heavy atom. The summed E-state index contributed by atoms with van der Waals surface area (Å²) < 4.78 is 52.6. The van der Waals surface area contributed by atoms with Crippen LogP contribution in [0.2, 0.25) is 0 Å². The van der Waals surface area contributed by atoms with Gasteiger partial charge in [0.15, 0.2) is 18.9 Å². The summed E-state index contributed by atoms with van der Waals surface area (Å²) in [5.74, 6) is -3.11. The van der Waals surface area contributed by atoms with E-state index in [-0.39, 0.29) is 190 Å². The van der Waals surface area contributed by atoms with Crippen molar-refractivity contribution >= 4 is 47.1 Å². The maximum atomic E-state index is 14.2. The van der Waals surface area contributed by atoms with E-state index >= 15 is 0 Å². The number of nitrogens with one attached hydrogen (secondary N) is 6. The SMILES string of the molecule is CC1C(OCCCCC(=O)NCCCNC(=O)CCOCC(COCCC(=O)NCCCNC(=O)CCCCOC2OC(CO)C(O)C(O)C2C)(COCCC(=O)NCCCNC(=O)CCCCOC2OC(CO)C(O)C(O)C2C)CC(=O)CCCCCCCCCCC(=O)N2C[C@H](O)C[C@H]2CCCCCO)OC(CO)C(O)C1O. The predicted octanol–water partition coefficient (Wildman–Crippen LogP) is 0.221. The van der Waals surface area contributed by atoms with Crippen LogP contribution in [0.25, 0.3) is 0 Å². The van der Waals surface area contributed by atoms with Gasteiger partial charge in [-0.25, -0.2) is 0 Å². The van der Waals surface area contributed by atoms with Crippen molar-refractivity contribution < 1.29 is 137 Å². The summed E-state index contributed by atoms with van der Waals surface area (Å²) in [5.41, 5.74) is -1.14. The Bertz CT molecular complexity index is 2470. The Hall–Kier alpha value is -4.84. The van der Waals surface area contributed by atoms with Crippen molar-refractivity contribution in [2.75, 3.05) is 132 Å². The van der Waals surface area contributed by atoms with Gasteiger partial charge in [0.2, 0.25) is 41.4 Å². The highest BCUT2D eigenvalue weighted by molar-refractivity contribution is 5.80. The van der Waals surface area contributed by atoms with Crippen molar-refractivity contribution in [1.82, 2.24) is 36.8 Å². The van der Waals surface area contributed by atoms with Crippen LogP contribution in [-0.2, 0) is 81.0 Å². The molecule has 0 bridgehead atoms. The van der Waals surface area contributed by atoms with E-state index in [1.807, 2.05) is 4.90 Å². The average molecular weight is 1650 g/mol. The van der Waals surface area contributed by atoms with E-state index in [4.69, 9.17) is 47.7 Å². The van der Waals surface area contributed by atoms with Crippen LogP contribution in [0.15, 0.2) is 0 Å². The first-order valence-corrected chi connectivity index (χ1v) is 42.5. The molecule has 35 heteroatoms. The zero-order valence-corrected chi connectivity index (χ0v) is 68.7. The van der Waals surface area contributed by atoms with E-state index in [0.29, 0.717) is 103 Å². The third-order valence-electron chi connectivity index (χ3n) is 21.5. The molecule has 0 radical (unpaired) electrons. The maximum Gasteiger partial charge on any atom is 0.222 e. The molecule has 4 aliphatic heterocycles. The number of carbonyl (C=O) groups is 8. The lowest BCUT2D eigenvalue weighted by Crippen LogP contribution is -2.55. The number of carbonyl (C=O) groups excluding carboxylic acids is 8. The second-order valence-electron chi connectivity index (χ2n) is 31.5. The lowest BCUT2D eigenvalue weighted by atomic mass is 9.84. The van der Waals surface area contributed by atoms with Crippen molar-refractivity contribution in [2.45, 2.75) is 306 Å². The van der Waals surface area contributed by atoms with Gasteiger partial charge in [0, 0.05) is 159 Å². The average Bonchev–Trinajstić information content (AvgIpc) is 1.67. The summed E-state index contributed by atoms with van der Waals surface area (Å²) in [5, 5.41) is 126. The number of unbranched alkanes of at least 4 members (excludes halogenated alkanes) is 12.